The van der Waals surface area contributed by atoms with Crippen molar-refractivity contribution in [3.05, 3.63) is 35.5 Å². The maximum absolute atomic E-state index is 14.1. The number of carbonyl (C=O) groups excluding carboxylic acids is 1. The summed E-state index contributed by atoms with van der Waals surface area (Å²) >= 11 is 0. The summed E-state index contributed by atoms with van der Waals surface area (Å²) in [6.45, 7) is -0.803. The zero-order valence-corrected chi connectivity index (χ0v) is 13.5. The van der Waals surface area contributed by atoms with E-state index in [0.717, 1.165) is 12.1 Å². The van der Waals surface area contributed by atoms with Gasteiger partial charge in [-0.25, -0.2) is 4.39 Å². The summed E-state index contributed by atoms with van der Waals surface area (Å²) in [6, 6.07) is 2.51. The van der Waals surface area contributed by atoms with Gasteiger partial charge >= 0.3 is 23.9 Å². The van der Waals surface area contributed by atoms with E-state index in [0.29, 0.717) is 6.07 Å². The normalized spacial score (nSPS) is 20.5. The highest BCUT2D eigenvalue weighted by molar-refractivity contribution is 5.94. The van der Waals surface area contributed by atoms with Gasteiger partial charge in [-0.05, 0) is 12.1 Å². The molecule has 5 nitrogen and oxygen atoms in total. The second kappa shape index (κ2) is 6.41. The molecule has 1 aromatic carbocycles. The van der Waals surface area contributed by atoms with E-state index in [-0.39, 0.29) is 5.56 Å². The molecule has 1 N–H and O–H groups in total. The van der Waals surface area contributed by atoms with Crippen LogP contribution >= 0.6 is 0 Å². The molecule has 1 aliphatic carbocycles. The van der Waals surface area contributed by atoms with E-state index in [2.05, 4.69) is 14.7 Å². The van der Waals surface area contributed by atoms with Gasteiger partial charge in [0.2, 0.25) is 5.82 Å². The van der Waals surface area contributed by atoms with Gasteiger partial charge in [0.05, 0.1) is 11.5 Å². The van der Waals surface area contributed by atoms with Gasteiger partial charge in [0.15, 0.2) is 0 Å². The fraction of sp³-hybridized carbons (Fsp3) is 0.400. The lowest BCUT2D eigenvalue weighted by molar-refractivity contribution is -0.311. The van der Waals surface area contributed by atoms with Crippen LogP contribution < -0.4 is 5.32 Å². The molecule has 13 heteroatoms. The number of benzene rings is 1. The third kappa shape index (κ3) is 3.40. The number of carbonyl (C=O) groups is 1. The van der Waals surface area contributed by atoms with E-state index in [1.165, 1.54) is 0 Å². The molecule has 0 saturated heterocycles. The van der Waals surface area contributed by atoms with Crippen LogP contribution in [0.1, 0.15) is 22.7 Å². The van der Waals surface area contributed by atoms with E-state index in [9.17, 15) is 39.9 Å². The van der Waals surface area contributed by atoms with Crippen molar-refractivity contribution in [3.8, 4) is 11.4 Å². The van der Waals surface area contributed by atoms with Gasteiger partial charge < -0.3 is 9.84 Å². The zero-order valence-electron chi connectivity index (χ0n) is 13.5. The van der Waals surface area contributed by atoms with E-state index < -0.39 is 65.9 Å². The second-order valence-electron chi connectivity index (χ2n) is 6.05. The number of aromatic nitrogens is 2. The van der Waals surface area contributed by atoms with Gasteiger partial charge in [0.25, 0.3) is 5.91 Å². The molecule has 1 aliphatic rings. The molecule has 1 unspecified atom stereocenters. The minimum Gasteiger partial charge on any atom is -0.351 e. The highest BCUT2D eigenvalue weighted by Gasteiger charge is 2.71. The Labute approximate surface area is 150 Å². The Morgan fingerprint density at radius 2 is 1.93 bits per heavy atom. The van der Waals surface area contributed by atoms with E-state index >= 15 is 0 Å². The molecule has 0 radical (unpaired) electrons. The number of amides is 1. The third-order valence-electron chi connectivity index (χ3n) is 4.15. The van der Waals surface area contributed by atoms with Crippen molar-refractivity contribution in [1.82, 2.24) is 15.5 Å². The van der Waals surface area contributed by atoms with Gasteiger partial charge in [-0.2, -0.15) is 35.7 Å². The highest BCUT2D eigenvalue weighted by atomic mass is 19.4. The molecule has 1 amide bonds. The number of alkyl halides is 7. The summed E-state index contributed by atoms with van der Waals surface area (Å²) in [6.07, 6.45) is -6.02. The fourth-order valence-corrected chi connectivity index (χ4v) is 2.55. The molecule has 3 rings (SSSR count). The smallest absolute Gasteiger partial charge is 0.351 e. The minimum absolute atomic E-state index is 0.238. The zero-order chi connectivity index (χ0) is 20.9. The molecule has 1 fully saturated rings. The Balaban J connectivity index is 1.69. The molecule has 1 heterocycles. The minimum atomic E-state index is -4.90. The SMILES string of the molecule is O=C(NCC1CC(F)(F)C1(F)F)c1ccc(-c2noc(C(F)(F)F)n2)cc1F. The van der Waals surface area contributed by atoms with Crippen LogP contribution in [0.4, 0.5) is 35.1 Å². The van der Waals surface area contributed by atoms with Crippen molar-refractivity contribution >= 4 is 5.91 Å². The first kappa shape index (κ1) is 20.0. The van der Waals surface area contributed by atoms with Crippen LogP contribution in [0.25, 0.3) is 11.4 Å². The summed E-state index contributed by atoms with van der Waals surface area (Å²) in [5.74, 6) is -14.8. The van der Waals surface area contributed by atoms with Crippen LogP contribution in [0, 0.1) is 11.7 Å². The van der Waals surface area contributed by atoms with Crippen molar-refractivity contribution in [2.24, 2.45) is 5.92 Å². The second-order valence-corrected chi connectivity index (χ2v) is 6.05. The number of nitrogens with zero attached hydrogens (tertiary/aromatic N) is 2. The van der Waals surface area contributed by atoms with Crippen LogP contribution in [0.5, 0.6) is 0 Å². The average Bonchev–Trinajstić information content (AvgIpc) is 3.08. The standard InChI is InChI=1S/C15H9F8N3O2/c16-9-3-6(10-25-12(28-26-10)15(21,22)23)1-2-8(9)11(27)24-5-7-4-13(17,18)14(7,19)20/h1-3,7H,4-5H2,(H,24,27). The Morgan fingerprint density at radius 3 is 2.43 bits per heavy atom. The Hall–Kier alpha value is -2.73. The average molecular weight is 415 g/mol. The van der Waals surface area contributed by atoms with Gasteiger partial charge in [-0.1, -0.05) is 11.2 Å². The molecule has 2 aromatic rings. The number of halogens is 8. The summed E-state index contributed by atoms with van der Waals surface area (Å²) in [7, 11) is 0. The number of hydrogen-bond donors (Lipinski definition) is 1. The van der Waals surface area contributed by atoms with Gasteiger partial charge in [0.1, 0.15) is 5.82 Å². The summed E-state index contributed by atoms with van der Waals surface area (Å²) < 4.78 is 107. The van der Waals surface area contributed by atoms with E-state index in [1.807, 2.05) is 5.32 Å². The summed E-state index contributed by atoms with van der Waals surface area (Å²) in [4.78, 5) is 14.9. The first-order chi connectivity index (χ1) is 12.8. The van der Waals surface area contributed by atoms with Crippen LogP contribution in [0.15, 0.2) is 22.7 Å². The Kier molecular flexibility index (Phi) is 4.58. The highest BCUT2D eigenvalue weighted by Crippen LogP contribution is 2.54. The van der Waals surface area contributed by atoms with Crippen molar-refractivity contribution in [3.63, 3.8) is 0 Å². The number of rotatable bonds is 4. The predicted octanol–water partition coefficient (Wildman–Crippen LogP) is 3.91. The van der Waals surface area contributed by atoms with Crippen LogP contribution in [-0.4, -0.2) is 34.4 Å². The lowest BCUT2D eigenvalue weighted by atomic mass is 9.76. The monoisotopic (exact) mass is 415 g/mol. The molecule has 28 heavy (non-hydrogen) atoms. The molecular weight excluding hydrogens is 406 g/mol. The van der Waals surface area contributed by atoms with Crippen molar-refractivity contribution in [1.29, 1.82) is 0 Å². The summed E-state index contributed by atoms with van der Waals surface area (Å²) in [5, 5.41) is 4.98. The lowest BCUT2D eigenvalue weighted by Gasteiger charge is -2.43. The molecule has 1 aromatic heterocycles. The van der Waals surface area contributed by atoms with Crippen LogP contribution in [-0.2, 0) is 6.18 Å². The van der Waals surface area contributed by atoms with Crippen LogP contribution in [0.2, 0.25) is 0 Å². The summed E-state index contributed by atoms with van der Waals surface area (Å²) in [5.41, 5.74) is -0.865. The lowest BCUT2D eigenvalue weighted by Crippen LogP contribution is -2.61. The molecule has 1 saturated carbocycles. The Bertz CT molecular complexity index is 909. The van der Waals surface area contributed by atoms with Crippen molar-refractivity contribution in [2.45, 2.75) is 24.4 Å². The number of hydrogen-bond acceptors (Lipinski definition) is 4. The molecule has 0 aliphatic heterocycles. The maximum Gasteiger partial charge on any atom is 0.471 e. The first-order valence-electron chi connectivity index (χ1n) is 7.57. The molecule has 0 bridgehead atoms. The topological polar surface area (TPSA) is 68.0 Å². The van der Waals surface area contributed by atoms with Gasteiger partial charge in [-0.3, -0.25) is 4.79 Å². The largest absolute Gasteiger partial charge is 0.471 e. The van der Waals surface area contributed by atoms with Crippen molar-refractivity contribution in [2.75, 3.05) is 6.54 Å². The molecule has 0 spiro atoms. The maximum atomic E-state index is 14.1. The van der Waals surface area contributed by atoms with Gasteiger partial charge in [-0.15, -0.1) is 0 Å². The first-order valence-corrected chi connectivity index (χ1v) is 7.57. The number of nitrogens with one attached hydrogen (secondary N) is 1. The predicted molar refractivity (Wildman–Crippen MR) is 75.0 cm³/mol. The van der Waals surface area contributed by atoms with E-state index in [4.69, 9.17) is 0 Å². The van der Waals surface area contributed by atoms with Crippen LogP contribution in [0.3, 0.4) is 0 Å². The van der Waals surface area contributed by atoms with Crippen molar-refractivity contribution < 1.29 is 44.4 Å². The van der Waals surface area contributed by atoms with Gasteiger partial charge in [0, 0.05) is 18.5 Å². The third-order valence-corrected chi connectivity index (χ3v) is 4.15. The van der Waals surface area contributed by atoms with E-state index in [1.54, 1.807) is 0 Å². The quantitative estimate of drug-likeness (QED) is 0.769. The molecule has 152 valence electrons. The molecular formula is C15H9F8N3O2. The Morgan fingerprint density at radius 1 is 1.25 bits per heavy atom. The fourth-order valence-electron chi connectivity index (χ4n) is 2.55. The molecule has 1 atom stereocenters.